The first kappa shape index (κ1) is 12.0. The third-order valence-electron chi connectivity index (χ3n) is 3.41. The maximum atomic E-state index is 12.4. The van der Waals surface area contributed by atoms with Gasteiger partial charge in [0.05, 0.1) is 0 Å². The Kier molecular flexibility index (Phi) is 2.87. The molecule has 19 heavy (non-hydrogen) atoms. The quantitative estimate of drug-likeness (QED) is 0.768. The van der Waals surface area contributed by atoms with Gasteiger partial charge in [-0.15, -0.1) is 0 Å². The first-order chi connectivity index (χ1) is 9.16. The number of carbonyl (C=O) groups is 1. The van der Waals surface area contributed by atoms with E-state index in [2.05, 4.69) is 4.98 Å². The highest BCUT2D eigenvalue weighted by molar-refractivity contribution is 6.11. The lowest BCUT2D eigenvalue weighted by Gasteiger charge is -2.25. The second-order valence-electron chi connectivity index (χ2n) is 4.52. The molecule has 0 spiro atoms. The lowest BCUT2D eigenvalue weighted by Crippen LogP contribution is -2.96. The van der Waals surface area contributed by atoms with E-state index in [-0.39, 0.29) is 11.5 Å². The molecule has 0 fully saturated rings. The lowest BCUT2D eigenvalue weighted by molar-refractivity contribution is -0.715. The fourth-order valence-electron chi connectivity index (χ4n) is 2.39. The Bertz CT molecular complexity index is 653. The third-order valence-corrected chi connectivity index (χ3v) is 3.41. The summed E-state index contributed by atoms with van der Waals surface area (Å²) >= 11 is 0. The molecule has 0 saturated heterocycles. The molecule has 2 aromatic rings. The molecule has 1 aromatic carbocycles. The second kappa shape index (κ2) is 4.55. The van der Waals surface area contributed by atoms with E-state index in [0.717, 1.165) is 17.5 Å². The number of aryl methyl sites for hydroxylation is 2. The Labute approximate surface area is 109 Å². The summed E-state index contributed by atoms with van der Waals surface area (Å²) in [5.74, 6) is -0.168. The van der Waals surface area contributed by atoms with E-state index < -0.39 is 5.23 Å². The van der Waals surface area contributed by atoms with Crippen LogP contribution in [0.5, 0.6) is 0 Å². The van der Waals surface area contributed by atoms with Gasteiger partial charge in [-0.25, -0.2) is 0 Å². The molecule has 0 amide bonds. The summed E-state index contributed by atoms with van der Waals surface area (Å²) in [4.78, 5) is 16.4. The Morgan fingerprint density at radius 1 is 1.05 bits per heavy atom. The Balaban J connectivity index is 2.16. The van der Waals surface area contributed by atoms with E-state index in [9.17, 15) is 15.2 Å². The number of aromatic nitrogens is 1. The minimum absolute atomic E-state index is 0.0273. The minimum Gasteiger partial charge on any atom is -0.628 e. The molecule has 1 N–H and O–H groups in total. The fourth-order valence-corrected chi connectivity index (χ4v) is 2.39. The molecule has 0 saturated carbocycles. The third kappa shape index (κ3) is 2.04. The van der Waals surface area contributed by atoms with Crippen LogP contribution >= 0.6 is 0 Å². The van der Waals surface area contributed by atoms with Crippen LogP contribution in [-0.4, -0.2) is 10.8 Å². The van der Waals surface area contributed by atoms with Crippen molar-refractivity contribution in [3.05, 3.63) is 69.3 Å². The Morgan fingerprint density at radius 2 is 1.79 bits per heavy atom. The van der Waals surface area contributed by atoms with Crippen LogP contribution in [0, 0.1) is 10.4 Å². The molecule has 0 bridgehead atoms. The number of carbonyl (C=O) groups excluding carboxylic acids is 1. The molecule has 1 aliphatic rings. The van der Waals surface area contributed by atoms with Crippen LogP contribution in [-0.2, 0) is 12.8 Å². The van der Waals surface area contributed by atoms with Gasteiger partial charge in [0.25, 0.3) is 0 Å². The van der Waals surface area contributed by atoms with E-state index in [4.69, 9.17) is 0 Å². The number of nitrogens with zero attached hydrogens (tertiary/aromatic N) is 1. The first-order valence-corrected chi connectivity index (χ1v) is 5.98. The highest BCUT2D eigenvalue weighted by Gasteiger charge is 2.21. The summed E-state index contributed by atoms with van der Waals surface area (Å²) in [7, 11) is 0. The van der Waals surface area contributed by atoms with Gasteiger partial charge >= 0.3 is 0 Å². The molecule has 1 aliphatic carbocycles. The molecule has 96 valence electrons. The number of quaternary nitrogens is 1. The Hall–Kier alpha value is -2.08. The summed E-state index contributed by atoms with van der Waals surface area (Å²) in [6.07, 6.45) is 4.67. The van der Waals surface area contributed by atoms with Crippen molar-refractivity contribution in [2.75, 3.05) is 0 Å². The normalized spacial score (nSPS) is 13.9. The molecule has 0 unspecified atom stereocenters. The molecule has 5 heteroatoms. The number of pyridine rings is 1. The summed E-state index contributed by atoms with van der Waals surface area (Å²) in [6.45, 7) is 0. The lowest BCUT2D eigenvalue weighted by atomic mass is 9.99. The van der Waals surface area contributed by atoms with Crippen molar-refractivity contribution in [2.24, 2.45) is 0 Å². The number of fused-ring (bicyclic) bond motifs is 2. The first-order valence-electron chi connectivity index (χ1n) is 5.98. The van der Waals surface area contributed by atoms with Crippen molar-refractivity contribution in [3.63, 3.8) is 0 Å². The summed E-state index contributed by atoms with van der Waals surface area (Å²) in [5.41, 5.74) is 2.84. The summed E-state index contributed by atoms with van der Waals surface area (Å²) in [5, 5.41) is 20.5. The molecule has 5 nitrogen and oxygen atoms in total. The number of rotatable bonds is 1. The van der Waals surface area contributed by atoms with Crippen LogP contribution in [0.25, 0.3) is 0 Å². The molecular formula is C14H11N2O3-. The smallest absolute Gasteiger partial charge is 0.195 e. The predicted molar refractivity (Wildman–Crippen MR) is 68.9 cm³/mol. The van der Waals surface area contributed by atoms with Crippen LogP contribution in [0.4, 0.5) is 5.69 Å². The van der Waals surface area contributed by atoms with E-state index in [1.165, 1.54) is 12.1 Å². The number of hydrogen-bond donors (Lipinski definition) is 1. The highest BCUT2D eigenvalue weighted by Crippen LogP contribution is 2.25. The van der Waals surface area contributed by atoms with E-state index in [1.807, 2.05) is 6.07 Å². The zero-order chi connectivity index (χ0) is 13.4. The molecule has 3 rings (SSSR count). The molecular weight excluding hydrogens is 244 g/mol. The van der Waals surface area contributed by atoms with Crippen molar-refractivity contribution in [3.8, 4) is 0 Å². The van der Waals surface area contributed by atoms with E-state index in [1.54, 1.807) is 18.5 Å². The average molecular weight is 255 g/mol. The largest absolute Gasteiger partial charge is 0.628 e. The fraction of sp³-hybridized carbons (Fsp3) is 0.143. The van der Waals surface area contributed by atoms with Crippen LogP contribution in [0.2, 0.25) is 0 Å². The van der Waals surface area contributed by atoms with E-state index >= 15 is 0 Å². The van der Waals surface area contributed by atoms with Gasteiger partial charge in [0.1, 0.15) is 5.69 Å². The number of ketones is 1. The van der Waals surface area contributed by atoms with Gasteiger partial charge in [-0.2, -0.15) is 0 Å². The molecule has 1 heterocycles. The van der Waals surface area contributed by atoms with E-state index in [0.29, 0.717) is 17.5 Å². The van der Waals surface area contributed by atoms with Crippen molar-refractivity contribution >= 4 is 11.5 Å². The van der Waals surface area contributed by atoms with Gasteiger partial charge in [0.15, 0.2) is 5.78 Å². The summed E-state index contributed by atoms with van der Waals surface area (Å²) < 4.78 is 0. The summed E-state index contributed by atoms with van der Waals surface area (Å²) in [6, 6.07) is 6.40. The van der Waals surface area contributed by atoms with Gasteiger partial charge in [0, 0.05) is 29.6 Å². The van der Waals surface area contributed by atoms with Gasteiger partial charge in [0.2, 0.25) is 0 Å². The van der Waals surface area contributed by atoms with Gasteiger partial charge in [-0.1, -0.05) is 6.07 Å². The van der Waals surface area contributed by atoms with Crippen molar-refractivity contribution in [2.45, 2.75) is 12.8 Å². The van der Waals surface area contributed by atoms with Gasteiger partial charge in [-0.05, 0) is 36.1 Å². The Morgan fingerprint density at radius 3 is 2.53 bits per heavy atom. The molecule has 0 atom stereocenters. The van der Waals surface area contributed by atoms with Gasteiger partial charge < -0.3 is 15.6 Å². The number of nitrogens with one attached hydrogen (secondary N) is 1. The van der Waals surface area contributed by atoms with Crippen molar-refractivity contribution < 1.29 is 10.0 Å². The maximum absolute atomic E-state index is 12.4. The van der Waals surface area contributed by atoms with Crippen LogP contribution in [0.1, 0.15) is 27.0 Å². The topological polar surface area (TPSA) is 80.5 Å². The van der Waals surface area contributed by atoms with Crippen LogP contribution in [0.3, 0.4) is 0 Å². The maximum Gasteiger partial charge on any atom is 0.195 e. The number of benzene rings is 1. The second-order valence-corrected chi connectivity index (χ2v) is 4.52. The average Bonchev–Trinajstić information content (AvgIpc) is 2.57. The SMILES string of the molecule is O=C1c2cnccc2CCc2ccc([NH+]([O-])[O-])cc21. The molecule has 1 aromatic heterocycles. The number of hydrogen-bond acceptors (Lipinski definition) is 4. The van der Waals surface area contributed by atoms with Gasteiger partial charge in [-0.3, -0.25) is 9.78 Å². The standard InChI is InChI=1S/C14H11N2O3/c17-14-12-7-11(16(18)19)4-3-9(12)1-2-10-5-6-15-8-13(10)14/h3-8,16H,1-2H2/q-1. The van der Waals surface area contributed by atoms with Crippen molar-refractivity contribution in [1.29, 1.82) is 0 Å². The molecule has 0 aliphatic heterocycles. The van der Waals surface area contributed by atoms with Crippen LogP contribution < -0.4 is 5.23 Å². The molecule has 0 radical (unpaired) electrons. The zero-order valence-electron chi connectivity index (χ0n) is 10.1. The predicted octanol–water partition coefficient (Wildman–Crippen LogP) is 0.923. The minimum atomic E-state index is -1.27. The highest BCUT2D eigenvalue weighted by atomic mass is 16.8. The van der Waals surface area contributed by atoms with Crippen LogP contribution in [0.15, 0.2) is 36.7 Å². The zero-order valence-corrected chi connectivity index (χ0v) is 10.1. The van der Waals surface area contributed by atoms with Crippen molar-refractivity contribution in [1.82, 2.24) is 4.98 Å². The monoisotopic (exact) mass is 255 g/mol.